The molecule has 2 aromatic rings. The molecule has 1 aromatic carbocycles. The van der Waals surface area contributed by atoms with Crippen molar-refractivity contribution in [3.63, 3.8) is 0 Å². The number of rotatable bonds is 6. The number of benzene rings is 1. The summed E-state index contributed by atoms with van der Waals surface area (Å²) in [7, 11) is 0. The molecule has 0 aliphatic carbocycles. The Labute approximate surface area is 135 Å². The Hall–Kier alpha value is -2.87. The third kappa shape index (κ3) is 4.82. The predicted octanol–water partition coefficient (Wildman–Crippen LogP) is 3.11. The first-order valence-corrected chi connectivity index (χ1v) is 7.48. The van der Waals surface area contributed by atoms with Gasteiger partial charge in [-0.25, -0.2) is 4.98 Å². The Balaban J connectivity index is 2.01. The number of anilines is 1. The number of aromatic nitrogens is 1. The van der Waals surface area contributed by atoms with Gasteiger partial charge < -0.3 is 10.1 Å². The van der Waals surface area contributed by atoms with Gasteiger partial charge in [-0.1, -0.05) is 18.2 Å². The zero-order valence-electron chi connectivity index (χ0n) is 13.2. The first-order valence-electron chi connectivity index (χ1n) is 7.48. The molecule has 5 nitrogen and oxygen atoms in total. The van der Waals surface area contributed by atoms with Crippen LogP contribution in [0.15, 0.2) is 42.5 Å². The van der Waals surface area contributed by atoms with Gasteiger partial charge in [-0.15, -0.1) is 0 Å². The zero-order valence-corrected chi connectivity index (χ0v) is 13.2. The van der Waals surface area contributed by atoms with Crippen molar-refractivity contribution >= 4 is 11.7 Å². The molecule has 0 unspecified atom stereocenters. The maximum absolute atomic E-state index is 12.2. The molecule has 0 saturated carbocycles. The summed E-state index contributed by atoms with van der Waals surface area (Å²) < 4.78 is 5.38. The van der Waals surface area contributed by atoms with Crippen molar-refractivity contribution in [1.29, 1.82) is 5.26 Å². The van der Waals surface area contributed by atoms with Gasteiger partial charge in [-0.2, -0.15) is 5.26 Å². The van der Waals surface area contributed by atoms with Crippen molar-refractivity contribution in [1.82, 2.24) is 4.98 Å². The number of hydrogen-bond donors (Lipinski definition) is 1. The van der Waals surface area contributed by atoms with Crippen LogP contribution in [-0.4, -0.2) is 17.5 Å². The Morgan fingerprint density at radius 2 is 2.04 bits per heavy atom. The lowest BCUT2D eigenvalue weighted by Gasteiger charge is -2.11. The van der Waals surface area contributed by atoms with E-state index in [1.54, 1.807) is 6.07 Å². The van der Waals surface area contributed by atoms with Crippen molar-refractivity contribution in [3.05, 3.63) is 53.7 Å². The Bertz CT molecular complexity index is 705. The minimum absolute atomic E-state index is 0.348. The van der Waals surface area contributed by atoms with E-state index in [0.29, 0.717) is 18.8 Å². The first kappa shape index (κ1) is 16.5. The average molecular weight is 309 g/mol. The molecule has 0 aliphatic heterocycles. The number of hydrogen-bond acceptors (Lipinski definition) is 4. The third-order valence-corrected chi connectivity index (χ3v) is 3.29. The fourth-order valence-corrected chi connectivity index (χ4v) is 2.15. The van der Waals surface area contributed by atoms with Crippen LogP contribution < -0.4 is 10.1 Å². The highest BCUT2D eigenvalue weighted by atomic mass is 16.5. The number of nitrogens with zero attached hydrogens (tertiary/aromatic N) is 2. The fraction of sp³-hybridized carbons (Fsp3) is 0.278. The molecule has 0 radical (unpaired) electrons. The maximum atomic E-state index is 12.2. The quantitative estimate of drug-likeness (QED) is 0.889. The van der Waals surface area contributed by atoms with Crippen LogP contribution in [0.1, 0.15) is 18.2 Å². The summed E-state index contributed by atoms with van der Waals surface area (Å²) in [4.78, 5) is 16.4. The molecule has 0 bridgehead atoms. The van der Waals surface area contributed by atoms with Gasteiger partial charge in [0, 0.05) is 5.69 Å². The second kappa shape index (κ2) is 7.95. The van der Waals surface area contributed by atoms with Gasteiger partial charge in [0.2, 0.25) is 5.91 Å². The SMILES string of the molecule is CCOc1ccc(C[C@@H](C#N)C(=O)Nc2cccc(C)n2)cc1. The van der Waals surface area contributed by atoms with Gasteiger partial charge >= 0.3 is 0 Å². The van der Waals surface area contributed by atoms with E-state index < -0.39 is 5.92 Å². The summed E-state index contributed by atoms with van der Waals surface area (Å²) in [6.45, 7) is 4.37. The molecule has 1 N–H and O–H groups in total. The molecule has 1 amide bonds. The van der Waals surface area contributed by atoms with Crippen LogP contribution in [0.3, 0.4) is 0 Å². The number of nitrogens with one attached hydrogen (secondary N) is 1. The topological polar surface area (TPSA) is 75.0 Å². The van der Waals surface area contributed by atoms with E-state index >= 15 is 0 Å². The summed E-state index contributed by atoms with van der Waals surface area (Å²) in [5.74, 6) is 0.120. The van der Waals surface area contributed by atoms with Gasteiger partial charge in [0.25, 0.3) is 0 Å². The van der Waals surface area contributed by atoms with Gasteiger partial charge in [0.05, 0.1) is 12.7 Å². The van der Waals surface area contributed by atoms with E-state index in [1.807, 2.05) is 50.2 Å². The normalized spacial score (nSPS) is 11.3. The van der Waals surface area contributed by atoms with E-state index in [-0.39, 0.29) is 5.91 Å². The van der Waals surface area contributed by atoms with Crippen LogP contribution in [0.25, 0.3) is 0 Å². The van der Waals surface area contributed by atoms with E-state index in [2.05, 4.69) is 16.4 Å². The van der Waals surface area contributed by atoms with E-state index in [0.717, 1.165) is 17.0 Å². The highest BCUT2D eigenvalue weighted by molar-refractivity contribution is 5.93. The van der Waals surface area contributed by atoms with Gasteiger partial charge in [-0.3, -0.25) is 4.79 Å². The third-order valence-electron chi connectivity index (χ3n) is 3.29. The van der Waals surface area contributed by atoms with Gasteiger partial charge in [0.1, 0.15) is 17.5 Å². The molecule has 2 rings (SSSR count). The summed E-state index contributed by atoms with van der Waals surface area (Å²) in [6, 6.07) is 14.8. The van der Waals surface area contributed by atoms with Gasteiger partial charge in [0.15, 0.2) is 0 Å². The minimum Gasteiger partial charge on any atom is -0.494 e. The van der Waals surface area contributed by atoms with E-state index in [4.69, 9.17) is 4.74 Å². The lowest BCUT2D eigenvalue weighted by atomic mass is 10.00. The molecule has 0 aliphatic rings. The van der Waals surface area contributed by atoms with Gasteiger partial charge in [-0.05, 0) is 50.1 Å². The van der Waals surface area contributed by atoms with Crippen molar-refractivity contribution in [2.45, 2.75) is 20.3 Å². The largest absolute Gasteiger partial charge is 0.494 e. The lowest BCUT2D eigenvalue weighted by Crippen LogP contribution is -2.24. The molecule has 23 heavy (non-hydrogen) atoms. The molecule has 1 atom stereocenters. The molecule has 118 valence electrons. The monoisotopic (exact) mass is 309 g/mol. The van der Waals surface area contributed by atoms with Crippen LogP contribution in [0.2, 0.25) is 0 Å². The number of carbonyl (C=O) groups excluding carboxylic acids is 1. The van der Waals surface area contributed by atoms with Crippen LogP contribution in [-0.2, 0) is 11.2 Å². The summed E-state index contributed by atoms with van der Waals surface area (Å²) in [5.41, 5.74) is 1.72. The molecular weight excluding hydrogens is 290 g/mol. The second-order valence-corrected chi connectivity index (χ2v) is 5.12. The maximum Gasteiger partial charge on any atom is 0.243 e. The average Bonchev–Trinajstić information content (AvgIpc) is 2.54. The van der Waals surface area contributed by atoms with E-state index in [9.17, 15) is 10.1 Å². The van der Waals surface area contributed by atoms with Crippen LogP contribution in [0.5, 0.6) is 5.75 Å². The van der Waals surface area contributed by atoms with Crippen LogP contribution in [0.4, 0.5) is 5.82 Å². The van der Waals surface area contributed by atoms with E-state index in [1.165, 1.54) is 0 Å². The molecule has 1 heterocycles. The highest BCUT2D eigenvalue weighted by Crippen LogP contribution is 2.16. The standard InChI is InChI=1S/C18H19N3O2/c1-3-23-16-9-7-14(8-10-16)11-15(12-19)18(22)21-17-6-4-5-13(2)20-17/h4-10,15H,3,11H2,1-2H3,(H,20,21,22)/t15-/m0/s1. The molecule has 0 saturated heterocycles. The number of amides is 1. The first-order chi connectivity index (χ1) is 11.1. The zero-order chi connectivity index (χ0) is 16.7. The molecule has 5 heteroatoms. The number of nitriles is 1. The van der Waals surface area contributed by atoms with Crippen LogP contribution in [0, 0.1) is 24.2 Å². The number of carbonyl (C=O) groups is 1. The number of pyridine rings is 1. The molecular formula is C18H19N3O2. The Morgan fingerprint density at radius 1 is 1.30 bits per heavy atom. The fourth-order valence-electron chi connectivity index (χ4n) is 2.15. The Kier molecular flexibility index (Phi) is 5.70. The number of aryl methyl sites for hydroxylation is 1. The second-order valence-electron chi connectivity index (χ2n) is 5.12. The number of ether oxygens (including phenoxy) is 1. The van der Waals surface area contributed by atoms with Crippen LogP contribution >= 0.6 is 0 Å². The predicted molar refractivity (Wildman–Crippen MR) is 88.0 cm³/mol. The van der Waals surface area contributed by atoms with Crippen molar-refractivity contribution in [2.75, 3.05) is 11.9 Å². The van der Waals surface area contributed by atoms with Crippen molar-refractivity contribution in [2.24, 2.45) is 5.92 Å². The van der Waals surface area contributed by atoms with Crippen molar-refractivity contribution < 1.29 is 9.53 Å². The molecule has 0 fully saturated rings. The molecule has 1 aromatic heterocycles. The van der Waals surface area contributed by atoms with Crippen molar-refractivity contribution in [3.8, 4) is 11.8 Å². The Morgan fingerprint density at radius 3 is 2.65 bits per heavy atom. The summed E-state index contributed by atoms with van der Waals surface area (Å²) in [5, 5.41) is 12.0. The summed E-state index contributed by atoms with van der Waals surface area (Å²) in [6.07, 6.45) is 0.348. The minimum atomic E-state index is -0.768. The highest BCUT2D eigenvalue weighted by Gasteiger charge is 2.19. The molecule has 0 spiro atoms. The smallest absolute Gasteiger partial charge is 0.243 e. The lowest BCUT2D eigenvalue weighted by molar-refractivity contribution is -0.118. The summed E-state index contributed by atoms with van der Waals surface area (Å²) >= 11 is 0.